The van der Waals surface area contributed by atoms with Crippen LogP contribution in [0.4, 0.5) is 5.82 Å². The van der Waals surface area contributed by atoms with Crippen LogP contribution < -0.4 is 5.32 Å². The number of hydrogen-bond donors (Lipinski definition) is 2. The van der Waals surface area contributed by atoms with E-state index in [2.05, 4.69) is 15.3 Å². The zero-order valence-electron chi connectivity index (χ0n) is 10.9. The fraction of sp³-hybridized carbons (Fsp3) is 0.615. The second-order valence-electron chi connectivity index (χ2n) is 5.40. The fourth-order valence-corrected chi connectivity index (χ4v) is 2.27. The summed E-state index contributed by atoms with van der Waals surface area (Å²) in [5.41, 5.74) is 2.05. The van der Waals surface area contributed by atoms with Gasteiger partial charge in [0.1, 0.15) is 12.1 Å². The van der Waals surface area contributed by atoms with Crippen molar-refractivity contribution in [3.05, 3.63) is 17.6 Å². The predicted octanol–water partition coefficient (Wildman–Crippen LogP) is 2.02. The maximum atomic E-state index is 10.6. The first-order valence-corrected chi connectivity index (χ1v) is 6.31. The quantitative estimate of drug-likeness (QED) is 0.835. The molecule has 1 aromatic rings. The summed E-state index contributed by atoms with van der Waals surface area (Å²) in [7, 11) is 0. The smallest absolute Gasteiger partial charge is 0.303 e. The number of hydrogen-bond acceptors (Lipinski definition) is 4. The number of aromatic nitrogens is 2. The Labute approximate surface area is 107 Å². The van der Waals surface area contributed by atoms with Crippen molar-refractivity contribution in [2.75, 3.05) is 5.32 Å². The Hall–Kier alpha value is -1.65. The lowest BCUT2D eigenvalue weighted by molar-refractivity contribution is -0.137. The zero-order valence-corrected chi connectivity index (χ0v) is 10.9. The van der Waals surface area contributed by atoms with E-state index in [0.29, 0.717) is 6.42 Å². The molecule has 0 saturated heterocycles. The van der Waals surface area contributed by atoms with E-state index >= 15 is 0 Å². The maximum absolute atomic E-state index is 10.6. The molecular weight excluding hydrogens is 230 g/mol. The van der Waals surface area contributed by atoms with Crippen molar-refractivity contribution in [3.63, 3.8) is 0 Å². The number of anilines is 1. The number of carbonyl (C=O) groups is 1. The molecule has 5 nitrogen and oxygen atoms in total. The first-order chi connectivity index (χ1) is 8.48. The van der Waals surface area contributed by atoms with Crippen molar-refractivity contribution in [2.45, 2.75) is 51.5 Å². The number of rotatable bonds is 5. The maximum Gasteiger partial charge on any atom is 0.303 e. The highest BCUT2D eigenvalue weighted by Gasteiger charge is 2.23. The summed E-state index contributed by atoms with van der Waals surface area (Å²) in [6.45, 7) is 4.00. The molecule has 0 saturated carbocycles. The molecule has 0 radical (unpaired) electrons. The van der Waals surface area contributed by atoms with Crippen LogP contribution in [0.15, 0.2) is 6.33 Å². The first-order valence-electron chi connectivity index (χ1n) is 6.31. The van der Waals surface area contributed by atoms with E-state index in [1.54, 1.807) is 6.33 Å². The molecule has 1 aromatic heterocycles. The third kappa shape index (κ3) is 2.97. The standard InChI is InChI=1S/C13H19N3O2/c1-13(2,7-6-11(17)18)16-12-9-4-3-5-10(9)14-8-15-12/h8H,3-7H2,1-2H3,(H,17,18)(H,14,15,16). The van der Waals surface area contributed by atoms with Crippen LogP contribution in [0.25, 0.3) is 0 Å². The minimum atomic E-state index is -0.766. The third-order valence-electron chi connectivity index (χ3n) is 3.30. The number of fused-ring (bicyclic) bond motifs is 1. The molecule has 18 heavy (non-hydrogen) atoms. The minimum absolute atomic E-state index is 0.160. The largest absolute Gasteiger partial charge is 0.481 e. The highest BCUT2D eigenvalue weighted by Crippen LogP contribution is 2.28. The van der Waals surface area contributed by atoms with Gasteiger partial charge in [-0.3, -0.25) is 4.79 Å². The molecule has 0 unspecified atom stereocenters. The van der Waals surface area contributed by atoms with Crippen molar-refractivity contribution in [2.24, 2.45) is 0 Å². The van der Waals surface area contributed by atoms with Crippen LogP contribution in [-0.4, -0.2) is 26.6 Å². The molecule has 0 fully saturated rings. The Kier molecular flexibility index (Phi) is 3.50. The summed E-state index contributed by atoms with van der Waals surface area (Å²) in [5, 5.41) is 12.1. The van der Waals surface area contributed by atoms with E-state index in [9.17, 15) is 4.79 Å². The molecule has 0 atom stereocenters. The van der Waals surface area contributed by atoms with Gasteiger partial charge in [-0.2, -0.15) is 0 Å². The van der Waals surface area contributed by atoms with Gasteiger partial charge in [0.25, 0.3) is 0 Å². The van der Waals surface area contributed by atoms with Crippen LogP contribution in [0.2, 0.25) is 0 Å². The number of nitrogens with zero attached hydrogens (tertiary/aromatic N) is 2. The van der Waals surface area contributed by atoms with Gasteiger partial charge in [0, 0.05) is 23.2 Å². The van der Waals surface area contributed by atoms with Crippen molar-refractivity contribution in [3.8, 4) is 0 Å². The first kappa shape index (κ1) is 12.8. The lowest BCUT2D eigenvalue weighted by atomic mass is 9.98. The van der Waals surface area contributed by atoms with Gasteiger partial charge in [-0.15, -0.1) is 0 Å². The number of aryl methyl sites for hydroxylation is 1. The molecule has 2 rings (SSSR count). The average Bonchev–Trinajstić information content (AvgIpc) is 2.75. The predicted molar refractivity (Wildman–Crippen MR) is 68.6 cm³/mol. The van der Waals surface area contributed by atoms with Gasteiger partial charge in [0.2, 0.25) is 0 Å². The Morgan fingerprint density at radius 2 is 2.22 bits per heavy atom. The molecule has 1 aliphatic rings. The minimum Gasteiger partial charge on any atom is -0.481 e. The SMILES string of the molecule is CC(C)(CCC(=O)O)Nc1ncnc2c1CCC2. The average molecular weight is 249 g/mol. The topological polar surface area (TPSA) is 75.1 Å². The Morgan fingerprint density at radius 1 is 1.44 bits per heavy atom. The lowest BCUT2D eigenvalue weighted by Crippen LogP contribution is -2.32. The van der Waals surface area contributed by atoms with Crippen molar-refractivity contribution < 1.29 is 9.90 Å². The highest BCUT2D eigenvalue weighted by molar-refractivity contribution is 5.67. The van der Waals surface area contributed by atoms with Gasteiger partial charge in [-0.05, 0) is 39.5 Å². The molecular formula is C13H19N3O2. The van der Waals surface area contributed by atoms with Gasteiger partial charge in [0.15, 0.2) is 0 Å². The van der Waals surface area contributed by atoms with Crippen LogP contribution in [0.5, 0.6) is 0 Å². The Bertz CT molecular complexity index is 458. The lowest BCUT2D eigenvalue weighted by Gasteiger charge is -2.27. The van der Waals surface area contributed by atoms with E-state index in [-0.39, 0.29) is 12.0 Å². The van der Waals surface area contributed by atoms with Crippen LogP contribution in [0.1, 0.15) is 44.4 Å². The molecule has 0 aliphatic heterocycles. The number of carboxylic acids is 1. The fourth-order valence-electron chi connectivity index (χ4n) is 2.27. The van der Waals surface area contributed by atoms with Crippen molar-refractivity contribution >= 4 is 11.8 Å². The van der Waals surface area contributed by atoms with Crippen LogP contribution in [-0.2, 0) is 17.6 Å². The van der Waals surface area contributed by atoms with E-state index in [0.717, 1.165) is 30.8 Å². The van der Waals surface area contributed by atoms with E-state index < -0.39 is 5.97 Å². The van der Waals surface area contributed by atoms with Gasteiger partial charge in [0.05, 0.1) is 0 Å². The number of carboxylic acid groups (broad SMARTS) is 1. The molecule has 0 spiro atoms. The number of nitrogens with one attached hydrogen (secondary N) is 1. The monoisotopic (exact) mass is 249 g/mol. The van der Waals surface area contributed by atoms with Gasteiger partial charge >= 0.3 is 5.97 Å². The van der Waals surface area contributed by atoms with E-state index in [1.807, 2.05) is 13.8 Å². The zero-order chi connectivity index (χ0) is 13.2. The summed E-state index contributed by atoms with van der Waals surface area (Å²) in [4.78, 5) is 19.2. The Morgan fingerprint density at radius 3 is 2.94 bits per heavy atom. The molecule has 5 heteroatoms. The molecule has 2 N–H and O–H groups in total. The summed E-state index contributed by atoms with van der Waals surface area (Å²) >= 11 is 0. The normalized spacial score (nSPS) is 14.3. The Balaban J connectivity index is 2.09. The van der Waals surface area contributed by atoms with E-state index in [1.165, 1.54) is 5.56 Å². The summed E-state index contributed by atoms with van der Waals surface area (Å²) in [5.74, 6) is 0.102. The van der Waals surface area contributed by atoms with Crippen LogP contribution in [0, 0.1) is 0 Å². The highest BCUT2D eigenvalue weighted by atomic mass is 16.4. The van der Waals surface area contributed by atoms with Gasteiger partial charge in [-0.1, -0.05) is 0 Å². The van der Waals surface area contributed by atoms with Crippen LogP contribution >= 0.6 is 0 Å². The molecule has 1 heterocycles. The molecule has 0 bridgehead atoms. The number of aliphatic carboxylic acids is 1. The second-order valence-corrected chi connectivity index (χ2v) is 5.40. The summed E-state index contributed by atoms with van der Waals surface area (Å²) < 4.78 is 0. The summed E-state index contributed by atoms with van der Waals surface area (Å²) in [6, 6.07) is 0. The van der Waals surface area contributed by atoms with Gasteiger partial charge in [-0.25, -0.2) is 9.97 Å². The summed E-state index contributed by atoms with van der Waals surface area (Å²) in [6.07, 6.45) is 5.46. The molecule has 0 amide bonds. The molecule has 98 valence electrons. The van der Waals surface area contributed by atoms with Crippen molar-refractivity contribution in [1.82, 2.24) is 9.97 Å². The molecule has 0 aromatic carbocycles. The second kappa shape index (κ2) is 4.92. The van der Waals surface area contributed by atoms with Gasteiger partial charge < -0.3 is 10.4 Å². The van der Waals surface area contributed by atoms with Crippen LogP contribution in [0.3, 0.4) is 0 Å². The third-order valence-corrected chi connectivity index (χ3v) is 3.30. The molecule has 1 aliphatic carbocycles. The van der Waals surface area contributed by atoms with E-state index in [4.69, 9.17) is 5.11 Å². The van der Waals surface area contributed by atoms with Crippen molar-refractivity contribution in [1.29, 1.82) is 0 Å².